The Labute approximate surface area is 78.9 Å². The molecule has 13 heavy (non-hydrogen) atoms. The van der Waals surface area contributed by atoms with E-state index < -0.39 is 0 Å². The van der Waals surface area contributed by atoms with Crippen LogP contribution in [0.2, 0.25) is 0 Å². The first-order chi connectivity index (χ1) is 6.33. The second kappa shape index (κ2) is 5.73. The van der Waals surface area contributed by atoms with Crippen molar-refractivity contribution in [2.75, 3.05) is 0 Å². The zero-order chi connectivity index (χ0) is 9.52. The predicted octanol–water partition coefficient (Wildman–Crippen LogP) is 1.41. The predicted molar refractivity (Wildman–Crippen MR) is 50.3 cm³/mol. The van der Waals surface area contributed by atoms with Crippen LogP contribution < -0.4 is 5.32 Å². The van der Waals surface area contributed by atoms with Crippen molar-refractivity contribution < 1.29 is 9.59 Å². The van der Waals surface area contributed by atoms with E-state index in [9.17, 15) is 9.59 Å². The first-order valence-corrected chi connectivity index (χ1v) is 5.06. The van der Waals surface area contributed by atoms with Gasteiger partial charge in [-0.2, -0.15) is 0 Å². The van der Waals surface area contributed by atoms with Crippen molar-refractivity contribution in [3.8, 4) is 0 Å². The van der Waals surface area contributed by atoms with E-state index >= 15 is 0 Å². The fourth-order valence-electron chi connectivity index (χ4n) is 1.74. The van der Waals surface area contributed by atoms with E-state index in [1.807, 2.05) is 0 Å². The maximum absolute atomic E-state index is 11.2. The zero-order valence-corrected chi connectivity index (χ0v) is 7.92. The normalized spacial score (nSPS) is 18.2. The standard InChI is InChI=1S/C10H17NO2/c12-8-4-7-10(13)11-9-5-2-1-3-6-9/h8-9H,1-7H2,(H,11,13). The topological polar surface area (TPSA) is 46.2 Å². The van der Waals surface area contributed by atoms with Crippen molar-refractivity contribution in [3.05, 3.63) is 0 Å². The van der Waals surface area contributed by atoms with Crippen LogP contribution in [0, 0.1) is 0 Å². The first kappa shape index (κ1) is 10.2. The number of carbonyl (C=O) groups is 2. The minimum absolute atomic E-state index is 0.0269. The van der Waals surface area contributed by atoms with Gasteiger partial charge in [-0.25, -0.2) is 0 Å². The van der Waals surface area contributed by atoms with Gasteiger partial charge in [0, 0.05) is 18.9 Å². The lowest BCUT2D eigenvalue weighted by Gasteiger charge is -2.22. The summed E-state index contributed by atoms with van der Waals surface area (Å²) in [6, 6.07) is 0.368. The highest BCUT2D eigenvalue weighted by Crippen LogP contribution is 2.17. The fourth-order valence-corrected chi connectivity index (χ4v) is 1.74. The van der Waals surface area contributed by atoms with Crippen molar-refractivity contribution in [3.63, 3.8) is 0 Å². The molecule has 0 aromatic carbocycles. The molecule has 0 aromatic rings. The highest BCUT2D eigenvalue weighted by atomic mass is 16.1. The zero-order valence-electron chi connectivity index (χ0n) is 7.92. The summed E-state index contributed by atoms with van der Waals surface area (Å²) in [5.41, 5.74) is 0. The lowest BCUT2D eigenvalue weighted by atomic mass is 9.95. The average Bonchev–Trinajstić information content (AvgIpc) is 2.16. The summed E-state index contributed by atoms with van der Waals surface area (Å²) in [6.45, 7) is 0. The molecule has 3 heteroatoms. The second-order valence-corrected chi connectivity index (χ2v) is 3.61. The summed E-state index contributed by atoms with van der Waals surface area (Å²) < 4.78 is 0. The smallest absolute Gasteiger partial charge is 0.220 e. The number of carbonyl (C=O) groups excluding carboxylic acids is 2. The van der Waals surface area contributed by atoms with E-state index in [1.165, 1.54) is 19.3 Å². The van der Waals surface area contributed by atoms with Crippen LogP contribution in [0.1, 0.15) is 44.9 Å². The molecule has 0 spiro atoms. The highest BCUT2D eigenvalue weighted by molar-refractivity contribution is 5.78. The molecule has 1 fully saturated rings. The molecule has 0 radical (unpaired) electrons. The minimum Gasteiger partial charge on any atom is -0.353 e. The van der Waals surface area contributed by atoms with E-state index in [-0.39, 0.29) is 5.91 Å². The van der Waals surface area contributed by atoms with Crippen molar-refractivity contribution in [1.82, 2.24) is 5.32 Å². The average molecular weight is 183 g/mol. The number of amides is 1. The van der Waals surface area contributed by atoms with Crippen LogP contribution in [0.15, 0.2) is 0 Å². The van der Waals surface area contributed by atoms with Gasteiger partial charge in [-0.05, 0) is 12.8 Å². The molecule has 0 unspecified atom stereocenters. The van der Waals surface area contributed by atoms with E-state index in [1.54, 1.807) is 0 Å². The number of hydrogen-bond donors (Lipinski definition) is 1. The molecule has 1 rings (SSSR count). The molecule has 1 amide bonds. The molecule has 0 atom stereocenters. The van der Waals surface area contributed by atoms with E-state index in [0.29, 0.717) is 18.9 Å². The third-order valence-corrected chi connectivity index (χ3v) is 2.46. The monoisotopic (exact) mass is 183 g/mol. The van der Waals surface area contributed by atoms with Crippen molar-refractivity contribution in [2.45, 2.75) is 51.0 Å². The van der Waals surface area contributed by atoms with Crippen molar-refractivity contribution in [2.24, 2.45) is 0 Å². The van der Waals surface area contributed by atoms with Gasteiger partial charge in [-0.1, -0.05) is 19.3 Å². The van der Waals surface area contributed by atoms with Gasteiger partial charge in [-0.15, -0.1) is 0 Å². The Morgan fingerprint density at radius 1 is 1.31 bits per heavy atom. The molecule has 0 aromatic heterocycles. The van der Waals surface area contributed by atoms with Crippen LogP contribution in [0.5, 0.6) is 0 Å². The largest absolute Gasteiger partial charge is 0.353 e. The van der Waals surface area contributed by atoms with E-state index in [2.05, 4.69) is 5.32 Å². The molecule has 74 valence electrons. The fraction of sp³-hybridized carbons (Fsp3) is 0.800. The Balaban J connectivity index is 2.14. The lowest BCUT2D eigenvalue weighted by Crippen LogP contribution is -2.35. The summed E-state index contributed by atoms with van der Waals surface area (Å²) >= 11 is 0. The molecule has 0 heterocycles. The van der Waals surface area contributed by atoms with Gasteiger partial charge in [0.25, 0.3) is 0 Å². The SMILES string of the molecule is O=CCCC(=O)NC1CCCCC1. The molecule has 1 aliphatic rings. The molecule has 1 N–H and O–H groups in total. The number of rotatable bonds is 4. The Morgan fingerprint density at radius 2 is 2.00 bits per heavy atom. The van der Waals surface area contributed by atoms with Gasteiger partial charge in [0.05, 0.1) is 0 Å². The van der Waals surface area contributed by atoms with E-state index in [0.717, 1.165) is 19.1 Å². The van der Waals surface area contributed by atoms with Crippen LogP contribution >= 0.6 is 0 Å². The van der Waals surface area contributed by atoms with Crippen LogP contribution in [-0.2, 0) is 9.59 Å². The van der Waals surface area contributed by atoms with Crippen LogP contribution in [-0.4, -0.2) is 18.2 Å². The summed E-state index contributed by atoms with van der Waals surface area (Å²) in [4.78, 5) is 21.2. The molecular formula is C10H17NO2. The Morgan fingerprint density at radius 3 is 2.62 bits per heavy atom. The highest BCUT2D eigenvalue weighted by Gasteiger charge is 2.14. The quantitative estimate of drug-likeness (QED) is 0.670. The third-order valence-electron chi connectivity index (χ3n) is 2.46. The molecule has 0 saturated heterocycles. The third kappa shape index (κ3) is 4.06. The summed E-state index contributed by atoms with van der Waals surface area (Å²) in [5, 5.41) is 2.96. The summed E-state index contributed by atoms with van der Waals surface area (Å²) in [5.74, 6) is 0.0269. The molecule has 0 bridgehead atoms. The second-order valence-electron chi connectivity index (χ2n) is 3.61. The number of hydrogen-bond acceptors (Lipinski definition) is 2. The van der Waals surface area contributed by atoms with E-state index in [4.69, 9.17) is 0 Å². The maximum atomic E-state index is 11.2. The number of nitrogens with one attached hydrogen (secondary N) is 1. The molecule has 1 aliphatic carbocycles. The van der Waals surface area contributed by atoms with Gasteiger partial charge >= 0.3 is 0 Å². The lowest BCUT2D eigenvalue weighted by molar-refractivity contribution is -0.123. The molecule has 3 nitrogen and oxygen atoms in total. The molecule has 1 saturated carbocycles. The number of aldehydes is 1. The Kier molecular flexibility index (Phi) is 4.50. The van der Waals surface area contributed by atoms with Crippen LogP contribution in [0.25, 0.3) is 0 Å². The molecule has 0 aliphatic heterocycles. The Bertz CT molecular complexity index is 174. The van der Waals surface area contributed by atoms with Gasteiger partial charge < -0.3 is 10.1 Å². The van der Waals surface area contributed by atoms with Gasteiger partial charge in [0.1, 0.15) is 6.29 Å². The van der Waals surface area contributed by atoms with Crippen LogP contribution in [0.4, 0.5) is 0 Å². The van der Waals surface area contributed by atoms with Crippen molar-refractivity contribution in [1.29, 1.82) is 0 Å². The Hall–Kier alpha value is -0.860. The first-order valence-electron chi connectivity index (χ1n) is 5.06. The van der Waals surface area contributed by atoms with Gasteiger partial charge in [0.15, 0.2) is 0 Å². The summed E-state index contributed by atoms with van der Waals surface area (Å²) in [6.07, 6.45) is 7.43. The molecular weight excluding hydrogens is 166 g/mol. The van der Waals surface area contributed by atoms with Gasteiger partial charge in [0.2, 0.25) is 5.91 Å². The minimum atomic E-state index is 0.0269. The van der Waals surface area contributed by atoms with Crippen LogP contribution in [0.3, 0.4) is 0 Å². The maximum Gasteiger partial charge on any atom is 0.220 e. The van der Waals surface area contributed by atoms with Crippen molar-refractivity contribution >= 4 is 12.2 Å². The summed E-state index contributed by atoms with van der Waals surface area (Å²) in [7, 11) is 0. The van der Waals surface area contributed by atoms with Gasteiger partial charge in [-0.3, -0.25) is 4.79 Å².